The number of aromatic hydroxyl groups is 2. The van der Waals surface area contributed by atoms with Crippen molar-refractivity contribution in [3.05, 3.63) is 59.2 Å². The van der Waals surface area contributed by atoms with Gasteiger partial charge in [0.25, 0.3) is 0 Å². The van der Waals surface area contributed by atoms with Crippen molar-refractivity contribution in [2.75, 3.05) is 7.11 Å². The zero-order valence-corrected chi connectivity index (χ0v) is 11.8. The smallest absolute Gasteiger partial charge is 0.189 e. The van der Waals surface area contributed by atoms with Crippen LogP contribution in [0.4, 0.5) is 0 Å². The monoisotopic (exact) mass is 284 g/mol. The van der Waals surface area contributed by atoms with E-state index in [4.69, 9.17) is 4.74 Å². The van der Waals surface area contributed by atoms with E-state index in [0.29, 0.717) is 16.9 Å². The molecule has 4 heteroatoms. The van der Waals surface area contributed by atoms with Crippen LogP contribution in [0.3, 0.4) is 0 Å². The van der Waals surface area contributed by atoms with Crippen LogP contribution in [-0.4, -0.2) is 23.1 Å². The topological polar surface area (TPSA) is 66.8 Å². The first-order valence-corrected chi connectivity index (χ1v) is 6.40. The van der Waals surface area contributed by atoms with E-state index in [2.05, 4.69) is 0 Å². The second kappa shape index (κ2) is 6.13. The summed E-state index contributed by atoms with van der Waals surface area (Å²) in [5.41, 5.74) is 2.10. The van der Waals surface area contributed by atoms with E-state index in [1.54, 1.807) is 24.3 Å². The molecule has 0 aliphatic carbocycles. The summed E-state index contributed by atoms with van der Waals surface area (Å²) in [4.78, 5) is 12.2. The summed E-state index contributed by atoms with van der Waals surface area (Å²) in [6.07, 6.45) is 2.97. The summed E-state index contributed by atoms with van der Waals surface area (Å²) in [7, 11) is 1.52. The van der Waals surface area contributed by atoms with Crippen molar-refractivity contribution in [1.29, 1.82) is 0 Å². The summed E-state index contributed by atoms with van der Waals surface area (Å²) < 4.78 is 5.21. The third-order valence-corrected chi connectivity index (χ3v) is 3.05. The van der Waals surface area contributed by atoms with Crippen molar-refractivity contribution in [1.82, 2.24) is 0 Å². The summed E-state index contributed by atoms with van der Waals surface area (Å²) >= 11 is 0. The van der Waals surface area contributed by atoms with E-state index in [1.807, 2.05) is 13.0 Å². The second-order valence-corrected chi connectivity index (χ2v) is 4.65. The van der Waals surface area contributed by atoms with Gasteiger partial charge in [0.1, 0.15) is 5.75 Å². The molecule has 0 aliphatic heterocycles. The minimum absolute atomic E-state index is 0.195. The van der Waals surface area contributed by atoms with Crippen molar-refractivity contribution in [3.8, 4) is 17.2 Å². The standard InChI is InChI=1S/C17H16O4/c1-11-3-6-13(17(9-11)21-2)14(18)7-4-12-5-8-15(19)16(20)10-12/h3-10,19-20H,1-2H3/b7-4+. The Balaban J connectivity index is 2.25. The predicted molar refractivity (Wildman–Crippen MR) is 80.9 cm³/mol. The molecule has 0 aromatic heterocycles. The summed E-state index contributed by atoms with van der Waals surface area (Å²) in [6.45, 7) is 1.92. The fraction of sp³-hybridized carbons (Fsp3) is 0.118. The van der Waals surface area contributed by atoms with Gasteiger partial charge in [0.2, 0.25) is 0 Å². The Bertz CT molecular complexity index is 702. The van der Waals surface area contributed by atoms with Crippen LogP contribution in [0.1, 0.15) is 21.5 Å². The molecule has 0 fully saturated rings. The molecule has 0 unspecified atom stereocenters. The minimum atomic E-state index is -0.225. The minimum Gasteiger partial charge on any atom is -0.504 e. The first-order valence-electron chi connectivity index (χ1n) is 6.40. The number of benzene rings is 2. The molecule has 0 aliphatic rings. The molecule has 2 rings (SSSR count). The van der Waals surface area contributed by atoms with E-state index in [1.165, 1.54) is 25.3 Å². The Morgan fingerprint density at radius 1 is 1.10 bits per heavy atom. The van der Waals surface area contributed by atoms with Crippen LogP contribution in [0.15, 0.2) is 42.5 Å². The van der Waals surface area contributed by atoms with Gasteiger partial charge in [-0.05, 0) is 48.4 Å². The van der Waals surface area contributed by atoms with Crippen LogP contribution < -0.4 is 4.74 Å². The SMILES string of the molecule is COc1cc(C)ccc1C(=O)/C=C/c1ccc(O)c(O)c1. The van der Waals surface area contributed by atoms with Gasteiger partial charge in [-0.25, -0.2) is 0 Å². The molecule has 2 aromatic rings. The number of rotatable bonds is 4. The Morgan fingerprint density at radius 3 is 2.52 bits per heavy atom. The van der Waals surface area contributed by atoms with Gasteiger partial charge in [-0.15, -0.1) is 0 Å². The molecule has 108 valence electrons. The summed E-state index contributed by atoms with van der Waals surface area (Å²) in [5, 5.41) is 18.6. The highest BCUT2D eigenvalue weighted by molar-refractivity contribution is 6.08. The number of hydrogen-bond acceptors (Lipinski definition) is 4. The van der Waals surface area contributed by atoms with Crippen LogP contribution in [0.25, 0.3) is 6.08 Å². The maximum atomic E-state index is 12.2. The Morgan fingerprint density at radius 2 is 1.86 bits per heavy atom. The number of methoxy groups -OCH3 is 1. The van der Waals surface area contributed by atoms with Crippen LogP contribution in [0.2, 0.25) is 0 Å². The molecule has 21 heavy (non-hydrogen) atoms. The number of hydrogen-bond donors (Lipinski definition) is 2. The molecule has 0 spiro atoms. The number of allylic oxidation sites excluding steroid dienone is 1. The first kappa shape index (κ1) is 14.7. The van der Waals surface area contributed by atoms with Gasteiger partial charge < -0.3 is 14.9 Å². The molecular weight excluding hydrogens is 268 g/mol. The third kappa shape index (κ3) is 3.42. The number of phenolic OH excluding ortho intramolecular Hbond substituents is 2. The lowest BCUT2D eigenvalue weighted by molar-refractivity contribution is 0.104. The molecule has 0 atom stereocenters. The van der Waals surface area contributed by atoms with E-state index >= 15 is 0 Å². The zero-order valence-electron chi connectivity index (χ0n) is 11.8. The van der Waals surface area contributed by atoms with Crippen LogP contribution in [0.5, 0.6) is 17.2 Å². The van der Waals surface area contributed by atoms with Crippen LogP contribution >= 0.6 is 0 Å². The number of carbonyl (C=O) groups is 1. The van der Waals surface area contributed by atoms with E-state index in [0.717, 1.165) is 5.56 Å². The number of ether oxygens (including phenoxy) is 1. The normalized spacial score (nSPS) is 10.8. The van der Waals surface area contributed by atoms with E-state index < -0.39 is 0 Å². The Hall–Kier alpha value is -2.75. The molecular formula is C17H16O4. The predicted octanol–water partition coefficient (Wildman–Crippen LogP) is 3.31. The van der Waals surface area contributed by atoms with Gasteiger partial charge in [0.15, 0.2) is 17.3 Å². The number of phenols is 2. The fourth-order valence-corrected chi connectivity index (χ4v) is 1.91. The molecule has 0 saturated carbocycles. The summed E-state index contributed by atoms with van der Waals surface area (Å²) in [6, 6.07) is 9.71. The molecule has 0 saturated heterocycles. The van der Waals surface area contributed by atoms with Crippen molar-refractivity contribution in [2.24, 2.45) is 0 Å². The number of carbonyl (C=O) groups excluding carboxylic acids is 1. The van der Waals surface area contributed by atoms with Gasteiger partial charge in [-0.1, -0.05) is 18.2 Å². The lowest BCUT2D eigenvalue weighted by Crippen LogP contribution is -1.99. The molecule has 0 radical (unpaired) electrons. The maximum absolute atomic E-state index is 12.2. The Kier molecular flexibility index (Phi) is 4.28. The van der Waals surface area contributed by atoms with Crippen molar-refractivity contribution in [2.45, 2.75) is 6.92 Å². The highest BCUT2D eigenvalue weighted by Gasteiger charge is 2.09. The molecule has 0 heterocycles. The Labute approximate surface area is 122 Å². The highest BCUT2D eigenvalue weighted by Crippen LogP contribution is 2.26. The number of aryl methyl sites for hydroxylation is 1. The second-order valence-electron chi connectivity index (χ2n) is 4.65. The van der Waals surface area contributed by atoms with Crippen molar-refractivity contribution in [3.63, 3.8) is 0 Å². The fourth-order valence-electron chi connectivity index (χ4n) is 1.91. The zero-order chi connectivity index (χ0) is 15.4. The summed E-state index contributed by atoms with van der Waals surface area (Å²) in [5.74, 6) is -0.0891. The lowest BCUT2D eigenvalue weighted by atomic mass is 10.1. The van der Waals surface area contributed by atoms with Gasteiger partial charge in [0, 0.05) is 0 Å². The molecule has 0 bridgehead atoms. The maximum Gasteiger partial charge on any atom is 0.189 e. The van der Waals surface area contributed by atoms with Gasteiger partial charge >= 0.3 is 0 Å². The van der Waals surface area contributed by atoms with Crippen molar-refractivity contribution < 1.29 is 19.7 Å². The molecule has 2 N–H and O–H groups in total. The average molecular weight is 284 g/mol. The number of ketones is 1. The highest BCUT2D eigenvalue weighted by atomic mass is 16.5. The van der Waals surface area contributed by atoms with Gasteiger partial charge in [-0.2, -0.15) is 0 Å². The van der Waals surface area contributed by atoms with Crippen molar-refractivity contribution >= 4 is 11.9 Å². The van der Waals surface area contributed by atoms with Gasteiger partial charge in [-0.3, -0.25) is 4.79 Å². The quantitative estimate of drug-likeness (QED) is 0.513. The van der Waals surface area contributed by atoms with Gasteiger partial charge in [0.05, 0.1) is 12.7 Å². The van der Waals surface area contributed by atoms with E-state index in [9.17, 15) is 15.0 Å². The lowest BCUT2D eigenvalue weighted by Gasteiger charge is -2.06. The van der Waals surface area contributed by atoms with Crippen LogP contribution in [-0.2, 0) is 0 Å². The molecule has 2 aromatic carbocycles. The largest absolute Gasteiger partial charge is 0.504 e. The first-order chi connectivity index (χ1) is 10.0. The van der Waals surface area contributed by atoms with E-state index in [-0.39, 0.29) is 17.3 Å². The van der Waals surface area contributed by atoms with Crippen LogP contribution in [0, 0.1) is 6.92 Å². The average Bonchev–Trinajstić information content (AvgIpc) is 2.48. The third-order valence-electron chi connectivity index (χ3n) is 3.05. The molecule has 4 nitrogen and oxygen atoms in total. The molecule has 0 amide bonds.